The maximum Gasteiger partial charge on any atom is 0.416 e. The number of nitrogens with one attached hydrogen (secondary N) is 2. The van der Waals surface area contributed by atoms with E-state index in [2.05, 4.69) is 35.4 Å². The van der Waals surface area contributed by atoms with Crippen LogP contribution in [0.15, 0.2) is 59.5 Å². The molecule has 0 radical (unpaired) electrons. The van der Waals surface area contributed by atoms with E-state index in [0.717, 1.165) is 18.5 Å². The molecule has 13 heteroatoms. The highest BCUT2D eigenvalue weighted by Gasteiger charge is 2.31. The summed E-state index contributed by atoms with van der Waals surface area (Å²) >= 11 is 0. The molecule has 0 saturated heterocycles. The number of rotatable bonds is 5. The highest BCUT2D eigenvalue weighted by Crippen LogP contribution is 2.32. The van der Waals surface area contributed by atoms with Crippen molar-refractivity contribution in [3.8, 4) is 22.8 Å². The summed E-state index contributed by atoms with van der Waals surface area (Å²) in [5.41, 5.74) is 0.343. The molecule has 0 spiro atoms. The molecule has 0 aliphatic heterocycles. The number of pyridine rings is 1. The number of amides is 1. The number of alkyl halides is 3. The second-order valence-corrected chi connectivity index (χ2v) is 7.76. The number of carbonyl (C=O) groups is 1. The predicted octanol–water partition coefficient (Wildman–Crippen LogP) is 4.72. The SMILES string of the molecule is C[C@H](NC(=O)c1cc(-c2cccnc2F)ncn1)c1cc(-c2nc3ccc(C(F)(F)F)cc3[nH]2)on1. The van der Waals surface area contributed by atoms with Gasteiger partial charge in [-0.2, -0.15) is 17.6 Å². The maximum atomic E-state index is 14.0. The average molecular weight is 497 g/mol. The molecular weight excluding hydrogens is 482 g/mol. The lowest BCUT2D eigenvalue weighted by molar-refractivity contribution is -0.137. The van der Waals surface area contributed by atoms with Crippen LogP contribution in [0.25, 0.3) is 33.9 Å². The molecule has 0 aliphatic carbocycles. The highest BCUT2D eigenvalue weighted by molar-refractivity contribution is 5.93. The molecule has 5 aromatic rings. The quantitative estimate of drug-likeness (QED) is 0.266. The third kappa shape index (κ3) is 4.50. The fraction of sp³-hybridized carbons (Fsp3) is 0.130. The Kier molecular flexibility index (Phi) is 5.66. The molecule has 182 valence electrons. The van der Waals surface area contributed by atoms with E-state index >= 15 is 0 Å². The standard InChI is InChI=1S/C23H15F4N7O2/c1-11(31-22(35)18-8-16(29-10-30-18)13-3-2-6-28-20(13)24)15-9-19(36-34-15)21-32-14-5-4-12(23(25,26)27)7-17(14)33-21/h2-11H,1H3,(H,31,35)(H,32,33)/t11-/m0/s1. The molecule has 36 heavy (non-hydrogen) atoms. The molecule has 0 saturated carbocycles. The summed E-state index contributed by atoms with van der Waals surface area (Å²) in [7, 11) is 0. The van der Waals surface area contributed by atoms with E-state index < -0.39 is 29.6 Å². The Labute approximate surface area is 199 Å². The second-order valence-electron chi connectivity index (χ2n) is 7.76. The normalized spacial score (nSPS) is 12.6. The van der Waals surface area contributed by atoms with Crippen LogP contribution in [0.4, 0.5) is 17.6 Å². The zero-order chi connectivity index (χ0) is 25.4. The van der Waals surface area contributed by atoms with Gasteiger partial charge in [0.25, 0.3) is 5.91 Å². The molecular formula is C23H15F4N7O2. The van der Waals surface area contributed by atoms with Gasteiger partial charge in [-0.05, 0) is 43.3 Å². The van der Waals surface area contributed by atoms with Crippen molar-refractivity contribution in [3.63, 3.8) is 0 Å². The molecule has 0 unspecified atom stereocenters. The summed E-state index contributed by atoms with van der Waals surface area (Å²) < 4.78 is 58.2. The van der Waals surface area contributed by atoms with Crippen molar-refractivity contribution >= 4 is 16.9 Å². The van der Waals surface area contributed by atoms with E-state index in [9.17, 15) is 22.4 Å². The fourth-order valence-corrected chi connectivity index (χ4v) is 3.46. The molecule has 0 bridgehead atoms. The van der Waals surface area contributed by atoms with Crippen LogP contribution >= 0.6 is 0 Å². The molecule has 1 aromatic carbocycles. The molecule has 4 heterocycles. The first-order chi connectivity index (χ1) is 17.2. The van der Waals surface area contributed by atoms with Gasteiger partial charge in [0.1, 0.15) is 17.7 Å². The number of hydrogen-bond acceptors (Lipinski definition) is 7. The number of fused-ring (bicyclic) bond motifs is 1. The zero-order valence-electron chi connectivity index (χ0n) is 18.3. The lowest BCUT2D eigenvalue weighted by atomic mass is 10.1. The number of benzene rings is 1. The maximum absolute atomic E-state index is 14.0. The minimum Gasteiger partial charge on any atom is -0.353 e. The van der Waals surface area contributed by atoms with Crippen LogP contribution in [0, 0.1) is 5.95 Å². The lowest BCUT2D eigenvalue weighted by Gasteiger charge is -2.10. The van der Waals surface area contributed by atoms with Crippen molar-refractivity contribution < 1.29 is 26.9 Å². The van der Waals surface area contributed by atoms with E-state index in [-0.39, 0.29) is 34.1 Å². The van der Waals surface area contributed by atoms with Gasteiger partial charge in [0.05, 0.1) is 33.9 Å². The Balaban J connectivity index is 1.33. The van der Waals surface area contributed by atoms with Gasteiger partial charge < -0.3 is 14.8 Å². The van der Waals surface area contributed by atoms with Crippen LogP contribution in [-0.2, 0) is 6.18 Å². The Morgan fingerprint density at radius 2 is 1.94 bits per heavy atom. The summed E-state index contributed by atoms with van der Waals surface area (Å²) in [4.78, 5) is 31.2. The molecule has 9 nitrogen and oxygen atoms in total. The highest BCUT2D eigenvalue weighted by atomic mass is 19.4. The summed E-state index contributed by atoms with van der Waals surface area (Å²) in [5.74, 6) is -0.942. The molecule has 4 aromatic heterocycles. The third-order valence-electron chi connectivity index (χ3n) is 5.30. The largest absolute Gasteiger partial charge is 0.416 e. The Morgan fingerprint density at radius 3 is 2.72 bits per heavy atom. The van der Waals surface area contributed by atoms with Gasteiger partial charge >= 0.3 is 6.18 Å². The summed E-state index contributed by atoms with van der Waals surface area (Å²) in [6.07, 6.45) is -2.04. The number of H-pyrrole nitrogens is 1. The van der Waals surface area contributed by atoms with Crippen molar-refractivity contribution in [3.05, 3.63) is 77.9 Å². The second kappa shape index (κ2) is 8.83. The summed E-state index contributed by atoms with van der Waals surface area (Å²) in [6.45, 7) is 1.65. The molecule has 1 atom stereocenters. The molecule has 5 rings (SSSR count). The number of nitrogens with zero attached hydrogens (tertiary/aromatic N) is 5. The number of imidazole rings is 1. The molecule has 0 fully saturated rings. The fourth-order valence-electron chi connectivity index (χ4n) is 3.46. The number of carbonyl (C=O) groups excluding carboxylic acids is 1. The van der Waals surface area contributed by atoms with Gasteiger partial charge in [-0.15, -0.1) is 0 Å². The lowest BCUT2D eigenvalue weighted by Crippen LogP contribution is -2.27. The van der Waals surface area contributed by atoms with Gasteiger partial charge in [0, 0.05) is 12.3 Å². The van der Waals surface area contributed by atoms with Crippen LogP contribution < -0.4 is 5.32 Å². The van der Waals surface area contributed by atoms with Crippen molar-refractivity contribution in [1.82, 2.24) is 35.4 Å². The Morgan fingerprint density at radius 1 is 1.11 bits per heavy atom. The zero-order valence-corrected chi connectivity index (χ0v) is 18.3. The average Bonchev–Trinajstić information content (AvgIpc) is 3.51. The first-order valence-corrected chi connectivity index (χ1v) is 10.5. The van der Waals surface area contributed by atoms with Gasteiger partial charge in [-0.25, -0.2) is 19.9 Å². The first-order valence-electron chi connectivity index (χ1n) is 10.5. The van der Waals surface area contributed by atoms with Crippen LogP contribution in [-0.4, -0.2) is 36.0 Å². The minimum atomic E-state index is -4.48. The number of aromatic nitrogens is 6. The van der Waals surface area contributed by atoms with E-state index in [1.807, 2.05) is 0 Å². The number of aromatic amines is 1. The van der Waals surface area contributed by atoms with Gasteiger partial charge in [0.15, 0.2) is 5.82 Å². The first kappa shape index (κ1) is 23.1. The Hall–Kier alpha value is -4.68. The van der Waals surface area contributed by atoms with Gasteiger partial charge in [-0.1, -0.05) is 5.16 Å². The van der Waals surface area contributed by atoms with Gasteiger partial charge in [-0.3, -0.25) is 4.79 Å². The van der Waals surface area contributed by atoms with Crippen molar-refractivity contribution in [2.75, 3.05) is 0 Å². The molecule has 1 amide bonds. The van der Waals surface area contributed by atoms with Crippen LogP contribution in [0.2, 0.25) is 0 Å². The van der Waals surface area contributed by atoms with Crippen molar-refractivity contribution in [1.29, 1.82) is 0 Å². The van der Waals surface area contributed by atoms with Crippen molar-refractivity contribution in [2.45, 2.75) is 19.1 Å². The van der Waals surface area contributed by atoms with E-state index in [4.69, 9.17) is 4.52 Å². The summed E-state index contributed by atoms with van der Waals surface area (Å²) in [6, 6.07) is 8.38. The topological polar surface area (TPSA) is 122 Å². The van der Waals surface area contributed by atoms with E-state index in [1.165, 1.54) is 30.5 Å². The van der Waals surface area contributed by atoms with E-state index in [1.54, 1.807) is 13.0 Å². The minimum absolute atomic E-state index is 0.00317. The number of halogens is 4. The summed E-state index contributed by atoms with van der Waals surface area (Å²) in [5, 5.41) is 6.63. The smallest absolute Gasteiger partial charge is 0.353 e. The Bertz CT molecular complexity index is 1580. The molecule has 0 aliphatic rings. The predicted molar refractivity (Wildman–Crippen MR) is 118 cm³/mol. The van der Waals surface area contributed by atoms with Crippen LogP contribution in [0.5, 0.6) is 0 Å². The monoisotopic (exact) mass is 497 g/mol. The number of hydrogen-bond donors (Lipinski definition) is 2. The molecule has 2 N–H and O–H groups in total. The van der Waals surface area contributed by atoms with Gasteiger partial charge in [0.2, 0.25) is 11.7 Å². The van der Waals surface area contributed by atoms with Crippen LogP contribution in [0.3, 0.4) is 0 Å². The van der Waals surface area contributed by atoms with Crippen molar-refractivity contribution in [2.24, 2.45) is 0 Å². The van der Waals surface area contributed by atoms with Crippen LogP contribution in [0.1, 0.15) is 34.7 Å². The third-order valence-corrected chi connectivity index (χ3v) is 5.30. The van der Waals surface area contributed by atoms with E-state index in [0.29, 0.717) is 11.2 Å².